The van der Waals surface area contributed by atoms with Crippen molar-refractivity contribution in [1.29, 1.82) is 0 Å². The first-order valence-corrected chi connectivity index (χ1v) is 13.2. The molecular formula is C24H27Cl2N3O5S. The Morgan fingerprint density at radius 2 is 1.66 bits per heavy atom. The van der Waals surface area contributed by atoms with E-state index in [1.165, 1.54) is 23.1 Å². The molecule has 0 aliphatic carbocycles. The molecule has 1 N–H and O–H groups in total. The lowest BCUT2D eigenvalue weighted by Gasteiger charge is -2.34. The van der Waals surface area contributed by atoms with E-state index >= 15 is 0 Å². The van der Waals surface area contributed by atoms with Crippen LogP contribution in [0.1, 0.15) is 50.0 Å². The Balaban J connectivity index is 1.99. The number of hydrogen-bond donors (Lipinski definition) is 1. The van der Waals surface area contributed by atoms with Gasteiger partial charge in [-0.15, -0.1) is 0 Å². The molecule has 188 valence electrons. The predicted molar refractivity (Wildman–Crippen MR) is 134 cm³/mol. The number of halogens is 2. The highest BCUT2D eigenvalue weighted by atomic mass is 35.5. The topological polar surface area (TPSA) is 104 Å². The third-order valence-electron chi connectivity index (χ3n) is 5.47. The Bertz CT molecular complexity index is 1250. The molecule has 0 aromatic heterocycles. The highest BCUT2D eigenvalue weighted by Crippen LogP contribution is 2.31. The number of nitrogens with zero attached hydrogens (tertiary/aromatic N) is 2. The Hall–Kier alpha value is -2.62. The van der Waals surface area contributed by atoms with Crippen LogP contribution in [0.15, 0.2) is 47.4 Å². The van der Waals surface area contributed by atoms with Crippen molar-refractivity contribution in [2.75, 3.05) is 6.54 Å². The average Bonchev–Trinajstić information content (AvgIpc) is 2.95. The van der Waals surface area contributed by atoms with E-state index < -0.39 is 45.9 Å². The minimum Gasteiger partial charge on any atom is -0.350 e. The monoisotopic (exact) mass is 539 g/mol. The first-order chi connectivity index (χ1) is 16.3. The van der Waals surface area contributed by atoms with Gasteiger partial charge in [0.15, 0.2) is 0 Å². The Morgan fingerprint density at radius 3 is 2.20 bits per heavy atom. The third kappa shape index (κ3) is 5.63. The van der Waals surface area contributed by atoms with E-state index in [1.807, 2.05) is 0 Å². The normalized spacial score (nSPS) is 15.5. The van der Waals surface area contributed by atoms with Gasteiger partial charge in [0.25, 0.3) is 15.9 Å². The van der Waals surface area contributed by atoms with Crippen molar-refractivity contribution >= 4 is 50.9 Å². The number of benzene rings is 2. The summed E-state index contributed by atoms with van der Waals surface area (Å²) in [5, 5.41) is 3.44. The molecule has 0 saturated heterocycles. The van der Waals surface area contributed by atoms with Gasteiger partial charge in [-0.3, -0.25) is 14.4 Å². The molecule has 0 bridgehead atoms. The standard InChI is InChI=1S/C24H27Cl2N3O5S/c1-5-19(22(31)27-24(2,3)4)28(13-16-17(25)10-8-11-18(16)26)21(30)14-29-23(32)15-9-6-7-12-20(15)35(29,33)34/h6-12,19H,5,13-14H2,1-4H3,(H,27,31)/t19-/m1/s1. The van der Waals surface area contributed by atoms with Crippen molar-refractivity contribution in [1.82, 2.24) is 14.5 Å². The highest BCUT2D eigenvalue weighted by molar-refractivity contribution is 7.90. The van der Waals surface area contributed by atoms with Crippen LogP contribution in [0.25, 0.3) is 0 Å². The van der Waals surface area contributed by atoms with Crippen LogP contribution in [0.5, 0.6) is 0 Å². The van der Waals surface area contributed by atoms with Crippen LogP contribution in [0.2, 0.25) is 10.0 Å². The number of hydrogen-bond acceptors (Lipinski definition) is 5. The summed E-state index contributed by atoms with van der Waals surface area (Å²) in [4.78, 5) is 40.6. The second kappa shape index (κ2) is 10.2. The second-order valence-electron chi connectivity index (χ2n) is 9.20. The van der Waals surface area contributed by atoms with Gasteiger partial charge in [-0.1, -0.05) is 48.3 Å². The van der Waals surface area contributed by atoms with Gasteiger partial charge in [-0.25, -0.2) is 12.7 Å². The van der Waals surface area contributed by atoms with Crippen molar-refractivity contribution in [2.24, 2.45) is 0 Å². The summed E-state index contributed by atoms with van der Waals surface area (Å²) in [7, 11) is -4.21. The van der Waals surface area contributed by atoms with Crippen LogP contribution < -0.4 is 5.32 Å². The third-order valence-corrected chi connectivity index (χ3v) is 7.96. The molecule has 3 amide bonds. The van der Waals surface area contributed by atoms with E-state index in [0.717, 1.165) is 0 Å². The Labute approximate surface area is 215 Å². The molecule has 1 heterocycles. The zero-order chi connectivity index (χ0) is 26.1. The van der Waals surface area contributed by atoms with Crippen molar-refractivity contribution in [3.8, 4) is 0 Å². The zero-order valence-corrected chi connectivity index (χ0v) is 22.2. The van der Waals surface area contributed by atoms with Gasteiger partial charge in [-0.2, -0.15) is 0 Å². The summed E-state index contributed by atoms with van der Waals surface area (Å²) in [6, 6.07) is 9.66. The van der Waals surface area contributed by atoms with Gasteiger partial charge < -0.3 is 10.2 Å². The maximum Gasteiger partial charge on any atom is 0.269 e. The number of nitrogens with one attached hydrogen (secondary N) is 1. The molecule has 1 aliphatic rings. The number of fused-ring (bicyclic) bond motifs is 1. The molecule has 1 aliphatic heterocycles. The SMILES string of the molecule is CC[C@H](C(=O)NC(C)(C)C)N(Cc1c(Cl)cccc1Cl)C(=O)CN1C(=O)c2ccccc2S1(=O)=O. The summed E-state index contributed by atoms with van der Waals surface area (Å²) in [5.41, 5.74) is -0.166. The fraction of sp³-hybridized carbons (Fsp3) is 0.375. The molecule has 0 spiro atoms. The van der Waals surface area contributed by atoms with E-state index in [9.17, 15) is 22.8 Å². The van der Waals surface area contributed by atoms with Gasteiger partial charge in [0.1, 0.15) is 17.5 Å². The van der Waals surface area contributed by atoms with E-state index in [2.05, 4.69) is 5.32 Å². The maximum atomic E-state index is 13.6. The molecule has 8 nitrogen and oxygen atoms in total. The molecule has 35 heavy (non-hydrogen) atoms. The lowest BCUT2D eigenvalue weighted by molar-refractivity contribution is -0.141. The second-order valence-corrected chi connectivity index (χ2v) is 11.8. The number of carbonyl (C=O) groups excluding carboxylic acids is 3. The minimum atomic E-state index is -4.21. The van der Waals surface area contributed by atoms with Crippen LogP contribution in [0, 0.1) is 0 Å². The summed E-state index contributed by atoms with van der Waals surface area (Å²) >= 11 is 12.7. The largest absolute Gasteiger partial charge is 0.350 e. The predicted octanol–water partition coefficient (Wildman–Crippen LogP) is 3.86. The first-order valence-electron chi connectivity index (χ1n) is 11.0. The smallest absolute Gasteiger partial charge is 0.269 e. The molecule has 1 atom stereocenters. The Morgan fingerprint density at radius 1 is 1.06 bits per heavy atom. The van der Waals surface area contributed by atoms with Crippen LogP contribution in [-0.4, -0.2) is 53.5 Å². The van der Waals surface area contributed by atoms with Gasteiger partial charge in [0.2, 0.25) is 11.8 Å². The molecule has 11 heteroatoms. The number of sulfonamides is 1. The molecule has 0 unspecified atom stereocenters. The molecule has 3 rings (SSSR count). The van der Waals surface area contributed by atoms with E-state index in [0.29, 0.717) is 19.9 Å². The molecule has 0 fully saturated rings. The van der Waals surface area contributed by atoms with E-state index in [-0.39, 0.29) is 23.4 Å². The molecule has 2 aromatic carbocycles. The van der Waals surface area contributed by atoms with Crippen molar-refractivity contribution in [3.63, 3.8) is 0 Å². The fourth-order valence-electron chi connectivity index (χ4n) is 3.83. The van der Waals surface area contributed by atoms with Gasteiger partial charge in [-0.05, 0) is 51.5 Å². The van der Waals surface area contributed by atoms with Gasteiger partial charge in [0.05, 0.1) is 5.56 Å². The molecule has 0 saturated carbocycles. The lowest BCUT2D eigenvalue weighted by atomic mass is 10.1. The fourth-order valence-corrected chi connectivity index (χ4v) is 5.86. The van der Waals surface area contributed by atoms with Crippen LogP contribution in [0.3, 0.4) is 0 Å². The van der Waals surface area contributed by atoms with Crippen molar-refractivity contribution in [2.45, 2.75) is 57.1 Å². The first kappa shape index (κ1) is 27.0. The highest BCUT2D eigenvalue weighted by Gasteiger charge is 2.43. The van der Waals surface area contributed by atoms with Crippen molar-refractivity contribution < 1.29 is 22.8 Å². The number of amides is 3. The molecular weight excluding hydrogens is 513 g/mol. The minimum absolute atomic E-state index is 0.00137. The van der Waals surface area contributed by atoms with Crippen LogP contribution >= 0.6 is 23.2 Å². The summed E-state index contributed by atoms with van der Waals surface area (Å²) in [6.45, 7) is 6.23. The number of rotatable bonds is 7. The maximum absolute atomic E-state index is 13.6. The van der Waals surface area contributed by atoms with E-state index in [4.69, 9.17) is 23.2 Å². The van der Waals surface area contributed by atoms with Crippen molar-refractivity contribution in [3.05, 3.63) is 63.6 Å². The van der Waals surface area contributed by atoms with Crippen LogP contribution in [0.4, 0.5) is 0 Å². The van der Waals surface area contributed by atoms with Gasteiger partial charge >= 0.3 is 0 Å². The quantitative estimate of drug-likeness (QED) is 0.575. The average molecular weight is 540 g/mol. The van der Waals surface area contributed by atoms with Gasteiger partial charge in [0, 0.05) is 27.7 Å². The zero-order valence-electron chi connectivity index (χ0n) is 19.8. The van der Waals surface area contributed by atoms with Crippen LogP contribution in [-0.2, 0) is 26.2 Å². The summed E-state index contributed by atoms with van der Waals surface area (Å²) in [6.07, 6.45) is 0.233. The Kier molecular flexibility index (Phi) is 7.83. The molecule has 2 aromatic rings. The lowest BCUT2D eigenvalue weighted by Crippen LogP contribution is -2.55. The number of carbonyl (C=O) groups is 3. The summed E-state index contributed by atoms with van der Waals surface area (Å²) < 4.78 is 26.5. The molecule has 0 radical (unpaired) electrons. The van der Waals surface area contributed by atoms with E-state index in [1.54, 1.807) is 52.0 Å². The summed E-state index contributed by atoms with van der Waals surface area (Å²) in [5.74, 6) is -1.95.